The standard InChI is InChI=1S/C38H66N6O6/c1-13-25(4)34(43(10)38(48)33(24(2)3)40-36(46)27(6)41(7)8)31(49-11)23-32(45)44-21-16-19-30(44)35(50-12)26(5)37(47)42(9)22-20-28-17-14-15-18-29(28)39/h14-15,17-18,24-27,30-31,33-35H,13,16,19-23,39H2,1-12H3,(H,40,46)/t25-,26+,27-,30-,31+,33-,34-,35+/m0/s1. The summed E-state index contributed by atoms with van der Waals surface area (Å²) in [6.45, 7) is 12.7. The average molecular weight is 703 g/mol. The molecular formula is C38H66N6O6. The highest BCUT2D eigenvalue weighted by Crippen LogP contribution is 2.30. The number of nitrogens with zero attached hydrogens (tertiary/aromatic N) is 4. The van der Waals surface area contributed by atoms with Gasteiger partial charge in [-0.2, -0.15) is 0 Å². The van der Waals surface area contributed by atoms with E-state index < -0.39 is 36.3 Å². The number of methoxy groups -OCH3 is 2. The Morgan fingerprint density at radius 3 is 2.16 bits per heavy atom. The van der Waals surface area contributed by atoms with Crippen LogP contribution in [0.25, 0.3) is 0 Å². The van der Waals surface area contributed by atoms with Gasteiger partial charge in [-0.25, -0.2) is 0 Å². The quantitative estimate of drug-likeness (QED) is 0.210. The largest absolute Gasteiger partial charge is 0.399 e. The molecular weight excluding hydrogens is 636 g/mol. The fraction of sp³-hybridized carbons (Fsp3) is 0.737. The molecule has 50 heavy (non-hydrogen) atoms. The van der Waals surface area contributed by atoms with Gasteiger partial charge in [0.15, 0.2) is 0 Å². The molecule has 2 rings (SSSR count). The van der Waals surface area contributed by atoms with Crippen LogP contribution in [-0.2, 0) is 35.1 Å². The number of benzene rings is 1. The van der Waals surface area contributed by atoms with Crippen LogP contribution < -0.4 is 11.1 Å². The second kappa shape index (κ2) is 20.0. The van der Waals surface area contributed by atoms with Gasteiger partial charge in [-0.15, -0.1) is 0 Å². The Morgan fingerprint density at radius 1 is 0.980 bits per heavy atom. The first-order chi connectivity index (χ1) is 23.5. The Hall–Kier alpha value is -3.22. The Kier molecular flexibility index (Phi) is 17.2. The van der Waals surface area contributed by atoms with Gasteiger partial charge in [-0.3, -0.25) is 24.1 Å². The minimum absolute atomic E-state index is 0.00595. The predicted octanol–water partition coefficient (Wildman–Crippen LogP) is 3.28. The van der Waals surface area contributed by atoms with Crippen LogP contribution in [0.3, 0.4) is 0 Å². The Morgan fingerprint density at radius 2 is 1.62 bits per heavy atom. The number of rotatable bonds is 19. The van der Waals surface area contributed by atoms with Crippen molar-refractivity contribution in [2.75, 3.05) is 61.2 Å². The molecule has 1 fully saturated rings. The van der Waals surface area contributed by atoms with Gasteiger partial charge < -0.3 is 35.2 Å². The van der Waals surface area contributed by atoms with Crippen molar-refractivity contribution in [2.45, 2.75) is 110 Å². The van der Waals surface area contributed by atoms with E-state index in [1.54, 1.807) is 49.9 Å². The van der Waals surface area contributed by atoms with E-state index in [1.807, 2.05) is 64.0 Å². The molecule has 1 heterocycles. The lowest BCUT2D eigenvalue weighted by Gasteiger charge is -2.41. The van der Waals surface area contributed by atoms with Crippen molar-refractivity contribution >= 4 is 29.3 Å². The molecule has 3 N–H and O–H groups in total. The molecule has 0 aliphatic carbocycles. The van der Waals surface area contributed by atoms with Gasteiger partial charge in [-0.05, 0) is 63.7 Å². The van der Waals surface area contributed by atoms with Crippen LogP contribution in [0, 0.1) is 17.8 Å². The lowest BCUT2D eigenvalue weighted by molar-refractivity contribution is -0.149. The van der Waals surface area contributed by atoms with Crippen molar-refractivity contribution in [3.8, 4) is 0 Å². The highest BCUT2D eigenvalue weighted by Gasteiger charge is 2.43. The predicted molar refractivity (Wildman–Crippen MR) is 198 cm³/mol. The number of likely N-dealkylation sites (N-methyl/N-ethyl adjacent to an activating group) is 3. The van der Waals surface area contributed by atoms with E-state index in [4.69, 9.17) is 15.2 Å². The first kappa shape index (κ1) is 42.9. The minimum atomic E-state index is -0.734. The molecule has 8 atom stereocenters. The SMILES string of the molecule is CC[C@H](C)[C@@H]([C@@H](CC(=O)N1CCC[C@H]1[C@H](OC)[C@@H](C)C(=O)N(C)CCc1ccccc1N)OC)N(C)C(=O)[C@@H](NC(=O)[C@H](C)N(C)C)C(C)C. The van der Waals surface area contributed by atoms with E-state index in [-0.39, 0.29) is 47.9 Å². The minimum Gasteiger partial charge on any atom is -0.399 e. The Bertz CT molecular complexity index is 1260. The zero-order chi connectivity index (χ0) is 37.9. The number of para-hydroxylation sites is 1. The number of hydrogen-bond acceptors (Lipinski definition) is 8. The second-order valence-electron chi connectivity index (χ2n) is 14.7. The van der Waals surface area contributed by atoms with Crippen LogP contribution in [-0.4, -0.2) is 135 Å². The number of carbonyl (C=O) groups excluding carboxylic acids is 4. The number of nitrogens with two attached hydrogens (primary N) is 1. The van der Waals surface area contributed by atoms with Crippen LogP contribution in [0.4, 0.5) is 5.69 Å². The van der Waals surface area contributed by atoms with Gasteiger partial charge in [0.05, 0.1) is 42.7 Å². The zero-order valence-electron chi connectivity index (χ0n) is 32.8. The summed E-state index contributed by atoms with van der Waals surface area (Å²) in [5.41, 5.74) is 7.81. The van der Waals surface area contributed by atoms with Crippen molar-refractivity contribution in [1.82, 2.24) is 24.9 Å². The summed E-state index contributed by atoms with van der Waals surface area (Å²) in [6, 6.07) is 5.83. The van der Waals surface area contributed by atoms with E-state index >= 15 is 0 Å². The fourth-order valence-electron chi connectivity index (χ4n) is 7.05. The summed E-state index contributed by atoms with van der Waals surface area (Å²) < 4.78 is 12.0. The number of anilines is 1. The third kappa shape index (κ3) is 10.9. The molecule has 1 aromatic carbocycles. The third-order valence-corrected chi connectivity index (χ3v) is 10.8. The van der Waals surface area contributed by atoms with Gasteiger partial charge in [-0.1, -0.05) is 59.2 Å². The Balaban J connectivity index is 2.23. The van der Waals surface area contributed by atoms with Crippen LogP contribution in [0.5, 0.6) is 0 Å². The topological polar surface area (TPSA) is 138 Å². The van der Waals surface area contributed by atoms with Crippen molar-refractivity contribution in [1.29, 1.82) is 0 Å². The monoisotopic (exact) mass is 703 g/mol. The molecule has 0 unspecified atom stereocenters. The summed E-state index contributed by atoms with van der Waals surface area (Å²) in [7, 11) is 10.3. The van der Waals surface area contributed by atoms with Gasteiger partial charge >= 0.3 is 0 Å². The Labute approximate surface area is 301 Å². The molecule has 1 aliphatic rings. The number of amides is 4. The summed E-state index contributed by atoms with van der Waals surface area (Å²) in [4.78, 5) is 61.8. The van der Waals surface area contributed by atoms with Gasteiger partial charge in [0.25, 0.3) is 0 Å². The number of nitrogens with one attached hydrogen (secondary N) is 1. The normalized spacial score (nSPS) is 19.0. The molecule has 1 aliphatic heterocycles. The molecule has 0 saturated carbocycles. The summed E-state index contributed by atoms with van der Waals surface area (Å²) >= 11 is 0. The maximum atomic E-state index is 14.1. The molecule has 1 aromatic rings. The zero-order valence-corrected chi connectivity index (χ0v) is 32.8. The van der Waals surface area contributed by atoms with Crippen molar-refractivity contribution in [3.05, 3.63) is 29.8 Å². The molecule has 1 saturated heterocycles. The van der Waals surface area contributed by atoms with Gasteiger partial charge in [0, 0.05) is 47.1 Å². The van der Waals surface area contributed by atoms with Crippen LogP contribution >= 0.6 is 0 Å². The first-order valence-electron chi connectivity index (χ1n) is 18.2. The summed E-state index contributed by atoms with van der Waals surface area (Å²) in [5, 5.41) is 2.97. The first-order valence-corrected chi connectivity index (χ1v) is 18.2. The van der Waals surface area contributed by atoms with Crippen molar-refractivity contribution < 1.29 is 28.7 Å². The van der Waals surface area contributed by atoms with E-state index in [2.05, 4.69) is 19.2 Å². The maximum Gasteiger partial charge on any atom is 0.245 e. The number of likely N-dealkylation sites (tertiary alicyclic amines) is 1. The smallest absolute Gasteiger partial charge is 0.245 e. The molecule has 4 amide bonds. The van der Waals surface area contributed by atoms with Crippen molar-refractivity contribution in [2.24, 2.45) is 17.8 Å². The number of nitrogen functional groups attached to an aromatic ring is 1. The van der Waals surface area contributed by atoms with E-state index in [1.165, 1.54) is 0 Å². The molecule has 12 heteroatoms. The molecule has 0 spiro atoms. The average Bonchev–Trinajstić information content (AvgIpc) is 3.58. The molecule has 284 valence electrons. The van der Waals surface area contributed by atoms with E-state index in [0.29, 0.717) is 25.2 Å². The van der Waals surface area contributed by atoms with E-state index in [0.717, 1.165) is 24.8 Å². The second-order valence-corrected chi connectivity index (χ2v) is 14.7. The number of hydrogen-bond donors (Lipinski definition) is 2. The van der Waals surface area contributed by atoms with E-state index in [9.17, 15) is 19.2 Å². The highest BCUT2D eigenvalue weighted by molar-refractivity contribution is 5.90. The lowest BCUT2D eigenvalue weighted by atomic mass is 9.89. The highest BCUT2D eigenvalue weighted by atomic mass is 16.5. The number of ether oxygens (including phenoxy) is 2. The summed E-state index contributed by atoms with van der Waals surface area (Å²) in [5.74, 6) is -1.22. The lowest BCUT2D eigenvalue weighted by Crippen LogP contribution is -2.59. The number of carbonyl (C=O) groups is 4. The van der Waals surface area contributed by atoms with Crippen LogP contribution in [0.2, 0.25) is 0 Å². The van der Waals surface area contributed by atoms with Gasteiger partial charge in [0.1, 0.15) is 6.04 Å². The fourth-order valence-corrected chi connectivity index (χ4v) is 7.05. The molecule has 0 radical (unpaired) electrons. The van der Waals surface area contributed by atoms with Crippen molar-refractivity contribution in [3.63, 3.8) is 0 Å². The molecule has 0 aromatic heterocycles. The molecule has 0 bridgehead atoms. The van der Waals surface area contributed by atoms with Crippen LogP contribution in [0.15, 0.2) is 24.3 Å². The van der Waals surface area contributed by atoms with Gasteiger partial charge in [0.2, 0.25) is 23.6 Å². The summed E-state index contributed by atoms with van der Waals surface area (Å²) in [6.07, 6.45) is 1.90. The van der Waals surface area contributed by atoms with Crippen LogP contribution in [0.1, 0.15) is 72.8 Å². The third-order valence-electron chi connectivity index (χ3n) is 10.8. The molecule has 12 nitrogen and oxygen atoms in total. The maximum absolute atomic E-state index is 14.1.